The first-order chi connectivity index (χ1) is 10.1. The minimum absolute atomic E-state index is 0.0823. The van der Waals surface area contributed by atoms with Crippen LogP contribution in [0.5, 0.6) is 5.75 Å². The first-order valence-corrected chi connectivity index (χ1v) is 7.90. The standard InChI is InChI=1S/C17H26N2O2/c1-12(14-5-3-2-4-6-14)19-17(21)16(18)11-13-7-9-15(20)10-8-13/h7-10,12,14,16,20H,2-6,11,18H2,1H3,(H,19,21)/t12-,16-/m0/s1. The van der Waals surface area contributed by atoms with Crippen molar-refractivity contribution < 1.29 is 9.90 Å². The number of nitrogens with two attached hydrogens (primary N) is 1. The van der Waals surface area contributed by atoms with Gasteiger partial charge < -0.3 is 16.2 Å². The van der Waals surface area contributed by atoms with Gasteiger partial charge in [0.05, 0.1) is 6.04 Å². The van der Waals surface area contributed by atoms with E-state index in [1.807, 2.05) is 0 Å². The fraction of sp³-hybridized carbons (Fsp3) is 0.588. The first kappa shape index (κ1) is 15.8. The van der Waals surface area contributed by atoms with Crippen LogP contribution in [-0.2, 0) is 11.2 Å². The quantitative estimate of drug-likeness (QED) is 0.779. The molecule has 1 aliphatic rings. The molecule has 1 amide bonds. The van der Waals surface area contributed by atoms with Crippen molar-refractivity contribution in [3.63, 3.8) is 0 Å². The summed E-state index contributed by atoms with van der Waals surface area (Å²) in [5, 5.41) is 12.3. The van der Waals surface area contributed by atoms with Crippen LogP contribution in [0.1, 0.15) is 44.6 Å². The number of hydrogen-bond acceptors (Lipinski definition) is 3. The molecule has 0 saturated heterocycles. The Morgan fingerprint density at radius 3 is 2.52 bits per heavy atom. The Morgan fingerprint density at radius 2 is 1.90 bits per heavy atom. The molecule has 1 aromatic rings. The number of carbonyl (C=O) groups is 1. The highest BCUT2D eigenvalue weighted by atomic mass is 16.3. The van der Waals surface area contributed by atoms with E-state index in [1.54, 1.807) is 24.3 Å². The molecule has 116 valence electrons. The van der Waals surface area contributed by atoms with E-state index in [9.17, 15) is 9.90 Å². The normalized spacial score (nSPS) is 19.0. The molecule has 0 spiro atoms. The van der Waals surface area contributed by atoms with Gasteiger partial charge >= 0.3 is 0 Å². The van der Waals surface area contributed by atoms with E-state index in [0.29, 0.717) is 12.3 Å². The Balaban J connectivity index is 1.82. The fourth-order valence-corrected chi connectivity index (χ4v) is 3.06. The minimum Gasteiger partial charge on any atom is -0.508 e. The van der Waals surface area contributed by atoms with Crippen molar-refractivity contribution in [2.24, 2.45) is 11.7 Å². The monoisotopic (exact) mass is 290 g/mol. The first-order valence-electron chi connectivity index (χ1n) is 7.90. The zero-order chi connectivity index (χ0) is 15.2. The number of amides is 1. The number of aromatic hydroxyl groups is 1. The molecule has 0 bridgehead atoms. The lowest BCUT2D eigenvalue weighted by atomic mass is 9.84. The third-order valence-corrected chi connectivity index (χ3v) is 4.46. The second-order valence-corrected chi connectivity index (χ2v) is 6.17. The maximum atomic E-state index is 12.2. The van der Waals surface area contributed by atoms with Gasteiger partial charge in [0.1, 0.15) is 5.75 Å². The van der Waals surface area contributed by atoms with Gasteiger partial charge in [-0.05, 0) is 49.8 Å². The van der Waals surface area contributed by atoms with E-state index in [1.165, 1.54) is 32.1 Å². The molecule has 2 atom stereocenters. The number of phenols is 1. The van der Waals surface area contributed by atoms with E-state index in [4.69, 9.17) is 5.73 Å². The second kappa shape index (κ2) is 7.46. The van der Waals surface area contributed by atoms with E-state index >= 15 is 0 Å². The van der Waals surface area contributed by atoms with Crippen LogP contribution >= 0.6 is 0 Å². The Labute approximate surface area is 126 Å². The molecule has 0 radical (unpaired) electrons. The van der Waals surface area contributed by atoms with Gasteiger partial charge in [-0.15, -0.1) is 0 Å². The van der Waals surface area contributed by atoms with Crippen LogP contribution in [0.3, 0.4) is 0 Å². The van der Waals surface area contributed by atoms with Gasteiger partial charge in [0.2, 0.25) is 5.91 Å². The van der Waals surface area contributed by atoms with Gasteiger partial charge in [-0.3, -0.25) is 4.79 Å². The molecule has 0 aliphatic heterocycles. The molecular formula is C17H26N2O2. The Morgan fingerprint density at radius 1 is 1.29 bits per heavy atom. The topological polar surface area (TPSA) is 75.4 Å². The lowest BCUT2D eigenvalue weighted by molar-refractivity contribution is -0.123. The van der Waals surface area contributed by atoms with E-state index < -0.39 is 6.04 Å². The third kappa shape index (κ3) is 4.74. The van der Waals surface area contributed by atoms with Gasteiger partial charge in [-0.2, -0.15) is 0 Å². The van der Waals surface area contributed by atoms with Gasteiger partial charge in [0.25, 0.3) is 0 Å². The Kier molecular flexibility index (Phi) is 5.62. The summed E-state index contributed by atoms with van der Waals surface area (Å²) in [7, 11) is 0. The van der Waals surface area contributed by atoms with Crippen LogP contribution in [0.15, 0.2) is 24.3 Å². The maximum Gasteiger partial charge on any atom is 0.237 e. The summed E-state index contributed by atoms with van der Waals surface area (Å²) < 4.78 is 0. The molecule has 4 heteroatoms. The molecule has 2 rings (SSSR count). The smallest absolute Gasteiger partial charge is 0.237 e. The number of phenolic OH excluding ortho intramolecular Hbond substituents is 1. The zero-order valence-corrected chi connectivity index (χ0v) is 12.7. The van der Waals surface area contributed by atoms with Crippen molar-refractivity contribution in [3.8, 4) is 5.75 Å². The van der Waals surface area contributed by atoms with Crippen LogP contribution in [0.25, 0.3) is 0 Å². The minimum atomic E-state index is -0.541. The number of carbonyl (C=O) groups excluding carboxylic acids is 1. The Bertz CT molecular complexity index is 452. The Hall–Kier alpha value is -1.55. The summed E-state index contributed by atoms with van der Waals surface area (Å²) in [6.07, 6.45) is 6.75. The highest BCUT2D eigenvalue weighted by Crippen LogP contribution is 2.26. The van der Waals surface area contributed by atoms with Crippen molar-refractivity contribution in [2.75, 3.05) is 0 Å². The molecule has 0 unspecified atom stereocenters. The molecule has 4 nitrogen and oxygen atoms in total. The predicted molar refractivity (Wildman–Crippen MR) is 84.0 cm³/mol. The number of hydrogen-bond donors (Lipinski definition) is 3. The van der Waals surface area contributed by atoms with Crippen molar-refractivity contribution in [1.29, 1.82) is 0 Å². The van der Waals surface area contributed by atoms with Crippen LogP contribution in [-0.4, -0.2) is 23.1 Å². The summed E-state index contributed by atoms with van der Waals surface area (Å²) in [5.41, 5.74) is 6.95. The van der Waals surface area contributed by atoms with Crippen molar-refractivity contribution >= 4 is 5.91 Å². The molecule has 1 saturated carbocycles. The van der Waals surface area contributed by atoms with Crippen molar-refractivity contribution in [3.05, 3.63) is 29.8 Å². The molecule has 4 N–H and O–H groups in total. The molecule has 0 aromatic heterocycles. The predicted octanol–water partition coefficient (Wildman–Crippen LogP) is 2.35. The van der Waals surface area contributed by atoms with Gasteiger partial charge in [-0.1, -0.05) is 31.4 Å². The average Bonchev–Trinajstić information content (AvgIpc) is 2.50. The molecule has 1 fully saturated rings. The lowest BCUT2D eigenvalue weighted by Crippen LogP contribution is -2.48. The van der Waals surface area contributed by atoms with Crippen LogP contribution in [0, 0.1) is 5.92 Å². The zero-order valence-electron chi connectivity index (χ0n) is 12.7. The second-order valence-electron chi connectivity index (χ2n) is 6.17. The summed E-state index contributed by atoms with van der Waals surface area (Å²) >= 11 is 0. The van der Waals surface area contributed by atoms with Crippen molar-refractivity contribution in [1.82, 2.24) is 5.32 Å². The van der Waals surface area contributed by atoms with Crippen LogP contribution < -0.4 is 11.1 Å². The van der Waals surface area contributed by atoms with Crippen LogP contribution in [0.4, 0.5) is 0 Å². The molecule has 1 aliphatic carbocycles. The van der Waals surface area contributed by atoms with Gasteiger partial charge in [-0.25, -0.2) is 0 Å². The highest BCUT2D eigenvalue weighted by molar-refractivity contribution is 5.82. The van der Waals surface area contributed by atoms with Gasteiger partial charge in [0, 0.05) is 6.04 Å². The number of benzene rings is 1. The maximum absolute atomic E-state index is 12.2. The third-order valence-electron chi connectivity index (χ3n) is 4.46. The number of nitrogens with one attached hydrogen (secondary N) is 1. The van der Waals surface area contributed by atoms with Gasteiger partial charge in [0.15, 0.2) is 0 Å². The summed E-state index contributed by atoms with van der Waals surface area (Å²) in [6, 6.07) is 6.49. The SMILES string of the molecule is C[C@H](NC(=O)[C@@H](N)Cc1ccc(O)cc1)C1CCCCC1. The summed E-state index contributed by atoms with van der Waals surface area (Å²) in [5.74, 6) is 0.729. The van der Waals surface area contributed by atoms with E-state index in [0.717, 1.165) is 5.56 Å². The van der Waals surface area contributed by atoms with E-state index in [2.05, 4.69) is 12.2 Å². The van der Waals surface area contributed by atoms with E-state index in [-0.39, 0.29) is 17.7 Å². The highest BCUT2D eigenvalue weighted by Gasteiger charge is 2.23. The molecule has 0 heterocycles. The van der Waals surface area contributed by atoms with Crippen LogP contribution in [0.2, 0.25) is 0 Å². The largest absolute Gasteiger partial charge is 0.508 e. The molecule has 1 aromatic carbocycles. The lowest BCUT2D eigenvalue weighted by Gasteiger charge is -2.29. The van der Waals surface area contributed by atoms with Crippen molar-refractivity contribution in [2.45, 2.75) is 57.5 Å². The number of rotatable bonds is 5. The molecular weight excluding hydrogens is 264 g/mol. The molecule has 21 heavy (non-hydrogen) atoms. The summed E-state index contributed by atoms with van der Waals surface area (Å²) in [6.45, 7) is 2.08. The fourth-order valence-electron chi connectivity index (χ4n) is 3.06. The summed E-state index contributed by atoms with van der Waals surface area (Å²) in [4.78, 5) is 12.2. The average molecular weight is 290 g/mol.